The fourth-order valence-corrected chi connectivity index (χ4v) is 2.01. The summed E-state index contributed by atoms with van der Waals surface area (Å²) in [5.74, 6) is 0.464. The van der Waals surface area contributed by atoms with Crippen LogP contribution in [0.25, 0.3) is 0 Å². The minimum atomic E-state index is -1.96. The number of nitrogens with zero attached hydrogens (tertiary/aromatic N) is 1. The molecular formula is C12H18NO3Si. The molecule has 0 amide bonds. The maximum Gasteiger partial charge on any atom is 0.273 e. The highest BCUT2D eigenvalue weighted by Crippen LogP contribution is 2.37. The van der Waals surface area contributed by atoms with Crippen molar-refractivity contribution in [1.29, 1.82) is 0 Å². The number of nitro benzene ring substituents is 1. The maximum absolute atomic E-state index is 10.7. The summed E-state index contributed by atoms with van der Waals surface area (Å²) in [6.07, 6.45) is 0. The first-order valence-electron chi connectivity index (χ1n) is 5.49. The Kier molecular flexibility index (Phi) is 3.61. The molecule has 0 saturated carbocycles. The van der Waals surface area contributed by atoms with Crippen molar-refractivity contribution >= 4 is 14.0 Å². The van der Waals surface area contributed by atoms with E-state index in [9.17, 15) is 10.1 Å². The van der Waals surface area contributed by atoms with Gasteiger partial charge in [0.05, 0.1) is 11.0 Å². The van der Waals surface area contributed by atoms with Gasteiger partial charge in [0.1, 0.15) is 5.75 Å². The van der Waals surface area contributed by atoms with Gasteiger partial charge >= 0.3 is 0 Å². The zero-order chi connectivity index (χ0) is 13.3. The van der Waals surface area contributed by atoms with Crippen LogP contribution in [0.3, 0.4) is 0 Å². The molecule has 0 fully saturated rings. The summed E-state index contributed by atoms with van der Waals surface area (Å²) in [5.41, 5.74) is 0.0393. The maximum atomic E-state index is 10.7. The molecular weight excluding hydrogens is 234 g/mol. The lowest BCUT2D eigenvalue weighted by Crippen LogP contribution is -2.43. The van der Waals surface area contributed by atoms with E-state index in [4.69, 9.17) is 4.43 Å². The van der Waals surface area contributed by atoms with E-state index >= 15 is 0 Å². The van der Waals surface area contributed by atoms with Gasteiger partial charge in [0.25, 0.3) is 14.0 Å². The Hall–Kier alpha value is -1.36. The largest absolute Gasteiger partial charge is 0.543 e. The monoisotopic (exact) mass is 252 g/mol. The second-order valence-corrected chi connectivity index (χ2v) is 10.3. The average molecular weight is 252 g/mol. The highest BCUT2D eigenvalue weighted by Gasteiger charge is 2.39. The van der Waals surface area contributed by atoms with Crippen molar-refractivity contribution in [2.75, 3.05) is 0 Å². The molecule has 0 unspecified atom stereocenters. The summed E-state index contributed by atoms with van der Waals surface area (Å²) in [5, 5.41) is 10.7. The fourth-order valence-electron chi connectivity index (χ4n) is 1.03. The van der Waals surface area contributed by atoms with Gasteiger partial charge in [-0.3, -0.25) is 10.1 Å². The molecule has 5 heteroatoms. The first-order valence-corrected chi connectivity index (χ1v) is 8.39. The molecule has 0 N–H and O–H groups in total. The first kappa shape index (κ1) is 13.7. The van der Waals surface area contributed by atoms with Crippen molar-refractivity contribution in [2.45, 2.75) is 38.9 Å². The van der Waals surface area contributed by atoms with Crippen molar-refractivity contribution in [3.05, 3.63) is 34.4 Å². The standard InChI is InChI=1S/C12H18NO3Si/c1-12(2,3)17(4,5)16-11-8-6-7-10(9-11)13(14)15/h6-7,9H,1-5H3. The Morgan fingerprint density at radius 1 is 1.41 bits per heavy atom. The van der Waals surface area contributed by atoms with Gasteiger partial charge in [-0.25, -0.2) is 0 Å². The molecule has 1 aromatic carbocycles. The molecule has 1 rings (SSSR count). The summed E-state index contributed by atoms with van der Waals surface area (Å²) in [4.78, 5) is 10.2. The zero-order valence-electron chi connectivity index (χ0n) is 10.9. The highest BCUT2D eigenvalue weighted by molar-refractivity contribution is 6.74. The summed E-state index contributed by atoms with van der Waals surface area (Å²) in [7, 11) is -1.96. The Labute approximate surface area is 103 Å². The van der Waals surface area contributed by atoms with E-state index in [1.807, 2.05) is 0 Å². The van der Waals surface area contributed by atoms with Gasteiger partial charge in [0.15, 0.2) is 0 Å². The lowest BCUT2D eigenvalue weighted by molar-refractivity contribution is -0.384. The normalized spacial score (nSPS) is 12.3. The van der Waals surface area contributed by atoms with Gasteiger partial charge in [-0.1, -0.05) is 20.8 Å². The Morgan fingerprint density at radius 3 is 2.47 bits per heavy atom. The topological polar surface area (TPSA) is 52.4 Å². The van der Waals surface area contributed by atoms with E-state index in [0.717, 1.165) is 0 Å². The van der Waals surface area contributed by atoms with Crippen LogP contribution in [-0.4, -0.2) is 13.2 Å². The third kappa shape index (κ3) is 3.29. The molecule has 0 bridgehead atoms. The van der Waals surface area contributed by atoms with Crippen LogP contribution in [0.5, 0.6) is 5.75 Å². The third-order valence-corrected chi connectivity index (χ3v) is 7.48. The summed E-state index contributed by atoms with van der Waals surface area (Å²) in [6, 6.07) is 7.27. The van der Waals surface area contributed by atoms with E-state index in [2.05, 4.69) is 39.9 Å². The van der Waals surface area contributed by atoms with Crippen LogP contribution >= 0.6 is 0 Å². The van der Waals surface area contributed by atoms with E-state index < -0.39 is 13.2 Å². The predicted octanol–water partition coefficient (Wildman–Crippen LogP) is 3.78. The minimum absolute atomic E-state index is 0.0393. The number of hydrogen-bond acceptors (Lipinski definition) is 3. The van der Waals surface area contributed by atoms with Gasteiger partial charge < -0.3 is 4.43 Å². The Bertz CT molecular complexity index is 424. The third-order valence-electron chi connectivity index (χ3n) is 3.14. The molecule has 1 aromatic rings. The van der Waals surface area contributed by atoms with Gasteiger partial charge in [0, 0.05) is 12.1 Å². The molecule has 1 radical (unpaired) electrons. The molecule has 0 aliphatic heterocycles. The van der Waals surface area contributed by atoms with Gasteiger partial charge in [0.2, 0.25) is 0 Å². The lowest BCUT2D eigenvalue weighted by Gasteiger charge is -2.36. The van der Waals surface area contributed by atoms with Crippen molar-refractivity contribution in [3.8, 4) is 5.75 Å². The highest BCUT2D eigenvalue weighted by atomic mass is 28.4. The Balaban J connectivity index is 2.96. The van der Waals surface area contributed by atoms with Gasteiger partial charge in [-0.05, 0) is 24.2 Å². The summed E-state index contributed by atoms with van der Waals surface area (Å²) >= 11 is 0. The molecule has 0 heterocycles. The van der Waals surface area contributed by atoms with Crippen LogP contribution in [0.15, 0.2) is 18.2 Å². The second kappa shape index (κ2) is 4.48. The summed E-state index contributed by atoms with van der Waals surface area (Å²) < 4.78 is 5.94. The lowest BCUT2D eigenvalue weighted by atomic mass is 10.2. The number of hydrogen-bond donors (Lipinski definition) is 0. The van der Waals surface area contributed by atoms with Crippen LogP contribution in [0.4, 0.5) is 5.69 Å². The van der Waals surface area contributed by atoms with E-state index in [1.165, 1.54) is 18.2 Å². The molecule has 0 saturated heterocycles. The van der Waals surface area contributed by atoms with Crippen molar-refractivity contribution in [2.24, 2.45) is 0 Å². The van der Waals surface area contributed by atoms with Crippen LogP contribution < -0.4 is 4.43 Å². The second-order valence-electron chi connectivity index (χ2n) is 5.53. The van der Waals surface area contributed by atoms with Crippen LogP contribution in [-0.2, 0) is 0 Å². The van der Waals surface area contributed by atoms with Crippen LogP contribution in [0.2, 0.25) is 18.1 Å². The minimum Gasteiger partial charge on any atom is -0.543 e. The fraction of sp³-hybridized carbons (Fsp3) is 0.500. The van der Waals surface area contributed by atoms with E-state index in [1.54, 1.807) is 0 Å². The quantitative estimate of drug-likeness (QED) is 0.467. The average Bonchev–Trinajstić information content (AvgIpc) is 2.15. The van der Waals surface area contributed by atoms with E-state index in [-0.39, 0.29) is 10.7 Å². The van der Waals surface area contributed by atoms with E-state index in [0.29, 0.717) is 5.75 Å². The number of nitro groups is 1. The number of rotatable bonds is 3. The molecule has 0 aromatic heterocycles. The number of benzene rings is 1. The van der Waals surface area contributed by atoms with Crippen LogP contribution in [0, 0.1) is 16.2 Å². The van der Waals surface area contributed by atoms with Crippen LogP contribution in [0.1, 0.15) is 20.8 Å². The zero-order valence-corrected chi connectivity index (χ0v) is 11.9. The molecule has 0 spiro atoms. The van der Waals surface area contributed by atoms with Crippen molar-refractivity contribution in [1.82, 2.24) is 0 Å². The summed E-state index contributed by atoms with van der Waals surface area (Å²) in [6.45, 7) is 10.6. The van der Waals surface area contributed by atoms with Gasteiger partial charge in [-0.2, -0.15) is 0 Å². The first-order chi connectivity index (χ1) is 7.63. The number of non-ortho nitro benzene ring substituents is 1. The molecule has 0 aliphatic rings. The smallest absolute Gasteiger partial charge is 0.273 e. The molecule has 0 aliphatic carbocycles. The van der Waals surface area contributed by atoms with Crippen molar-refractivity contribution in [3.63, 3.8) is 0 Å². The SMILES string of the molecule is CC(C)(C)[Si](C)(C)Oc1[c]ccc([N+](=O)[O-])c1. The molecule has 93 valence electrons. The van der Waals surface area contributed by atoms with Gasteiger partial charge in [-0.15, -0.1) is 0 Å². The Morgan fingerprint density at radius 2 is 2.00 bits per heavy atom. The molecule has 17 heavy (non-hydrogen) atoms. The molecule has 4 nitrogen and oxygen atoms in total. The molecule has 0 atom stereocenters. The van der Waals surface area contributed by atoms with Crippen molar-refractivity contribution < 1.29 is 9.35 Å². The predicted molar refractivity (Wildman–Crippen MR) is 69.8 cm³/mol.